The van der Waals surface area contributed by atoms with E-state index >= 15 is 0 Å². The zero-order valence-electron chi connectivity index (χ0n) is 11.9. The van der Waals surface area contributed by atoms with Gasteiger partial charge >= 0.3 is 0 Å². The number of H-pyrrole nitrogens is 1. The summed E-state index contributed by atoms with van der Waals surface area (Å²) in [4.78, 5) is 15.5. The molecule has 0 radical (unpaired) electrons. The molecular weight excluding hydrogens is 264 g/mol. The Balaban J connectivity index is 1.96. The van der Waals surface area contributed by atoms with Crippen LogP contribution in [-0.2, 0) is 0 Å². The fourth-order valence-corrected chi connectivity index (χ4v) is 2.44. The van der Waals surface area contributed by atoms with E-state index in [4.69, 9.17) is 0 Å². The first-order valence-electron chi connectivity index (χ1n) is 6.74. The van der Waals surface area contributed by atoms with Crippen LogP contribution in [-0.4, -0.2) is 16.0 Å². The number of benzene rings is 2. The fourth-order valence-electron chi connectivity index (χ4n) is 2.44. The van der Waals surface area contributed by atoms with Gasteiger partial charge in [-0.25, -0.2) is 0 Å². The van der Waals surface area contributed by atoms with E-state index < -0.39 is 0 Å². The summed E-state index contributed by atoms with van der Waals surface area (Å²) in [5.74, 6) is -0.0938. The van der Waals surface area contributed by atoms with E-state index in [1.165, 1.54) is 6.07 Å². The Kier molecular flexibility index (Phi) is 3.14. The number of aryl methyl sites for hydroxylation is 2. The first kappa shape index (κ1) is 13.2. The minimum Gasteiger partial charge on any atom is -0.508 e. The SMILES string of the molecule is Cc1ccc2[nH]c(C(=O)Nc3cccc(O)c3)c(C)c2c1. The number of aromatic nitrogens is 1. The highest BCUT2D eigenvalue weighted by Crippen LogP contribution is 2.24. The minimum absolute atomic E-state index is 0.122. The van der Waals surface area contributed by atoms with Gasteiger partial charge in [0.1, 0.15) is 11.4 Å². The zero-order chi connectivity index (χ0) is 15.0. The number of phenolic OH excluding ortho intramolecular Hbond substituents is 1. The molecule has 106 valence electrons. The quantitative estimate of drug-likeness (QED) is 0.669. The average molecular weight is 280 g/mol. The Morgan fingerprint density at radius 2 is 1.95 bits per heavy atom. The molecular formula is C17H16N2O2. The number of fused-ring (bicyclic) bond motifs is 1. The Labute approximate surface area is 122 Å². The summed E-state index contributed by atoms with van der Waals surface area (Å²) in [6, 6.07) is 12.5. The molecule has 0 aliphatic heterocycles. The first-order valence-corrected chi connectivity index (χ1v) is 6.74. The average Bonchev–Trinajstić information content (AvgIpc) is 2.76. The van der Waals surface area contributed by atoms with E-state index in [0.29, 0.717) is 11.4 Å². The number of nitrogens with one attached hydrogen (secondary N) is 2. The summed E-state index contributed by atoms with van der Waals surface area (Å²) >= 11 is 0. The first-order chi connectivity index (χ1) is 10.0. The molecule has 4 heteroatoms. The van der Waals surface area contributed by atoms with Crippen LogP contribution in [0.4, 0.5) is 5.69 Å². The molecule has 3 aromatic rings. The third-order valence-electron chi connectivity index (χ3n) is 3.54. The zero-order valence-corrected chi connectivity index (χ0v) is 11.9. The highest BCUT2D eigenvalue weighted by atomic mass is 16.3. The number of rotatable bonds is 2. The van der Waals surface area contributed by atoms with E-state index in [-0.39, 0.29) is 11.7 Å². The van der Waals surface area contributed by atoms with E-state index in [1.54, 1.807) is 18.2 Å². The fraction of sp³-hybridized carbons (Fsp3) is 0.118. The number of hydrogen-bond acceptors (Lipinski definition) is 2. The van der Waals surface area contributed by atoms with Gasteiger partial charge in [0.2, 0.25) is 0 Å². The van der Waals surface area contributed by atoms with Crippen LogP contribution in [0.5, 0.6) is 5.75 Å². The van der Waals surface area contributed by atoms with Crippen LogP contribution in [0.15, 0.2) is 42.5 Å². The lowest BCUT2D eigenvalue weighted by Crippen LogP contribution is -2.13. The van der Waals surface area contributed by atoms with Crippen molar-refractivity contribution in [3.05, 3.63) is 59.3 Å². The highest BCUT2D eigenvalue weighted by molar-refractivity contribution is 6.07. The van der Waals surface area contributed by atoms with Gasteiger partial charge in [-0.05, 0) is 43.7 Å². The number of aromatic amines is 1. The van der Waals surface area contributed by atoms with Crippen LogP contribution in [0.3, 0.4) is 0 Å². The molecule has 3 rings (SSSR count). The van der Waals surface area contributed by atoms with E-state index in [9.17, 15) is 9.90 Å². The van der Waals surface area contributed by atoms with Crippen molar-refractivity contribution in [1.82, 2.24) is 4.98 Å². The molecule has 0 aliphatic rings. The molecule has 0 atom stereocenters. The van der Waals surface area contributed by atoms with Crippen molar-refractivity contribution in [3.8, 4) is 5.75 Å². The molecule has 1 amide bonds. The Hall–Kier alpha value is -2.75. The number of hydrogen-bond donors (Lipinski definition) is 3. The predicted molar refractivity (Wildman–Crippen MR) is 83.8 cm³/mol. The van der Waals surface area contributed by atoms with E-state index in [1.807, 2.05) is 26.0 Å². The van der Waals surface area contributed by atoms with Gasteiger partial charge in [-0.1, -0.05) is 17.7 Å². The Bertz CT molecular complexity index is 834. The number of aromatic hydroxyl groups is 1. The van der Waals surface area contributed by atoms with Crippen molar-refractivity contribution in [2.45, 2.75) is 13.8 Å². The Morgan fingerprint density at radius 1 is 1.14 bits per heavy atom. The normalized spacial score (nSPS) is 10.8. The van der Waals surface area contributed by atoms with Crippen LogP contribution in [0.25, 0.3) is 10.9 Å². The smallest absolute Gasteiger partial charge is 0.272 e. The highest BCUT2D eigenvalue weighted by Gasteiger charge is 2.15. The second kappa shape index (κ2) is 4.98. The molecule has 4 nitrogen and oxygen atoms in total. The molecule has 1 aromatic heterocycles. The van der Waals surface area contributed by atoms with Crippen LogP contribution < -0.4 is 5.32 Å². The molecule has 1 heterocycles. The lowest BCUT2D eigenvalue weighted by Gasteiger charge is -2.05. The minimum atomic E-state index is -0.216. The van der Waals surface area contributed by atoms with Gasteiger partial charge in [-0.2, -0.15) is 0 Å². The van der Waals surface area contributed by atoms with Crippen molar-refractivity contribution in [2.75, 3.05) is 5.32 Å². The maximum absolute atomic E-state index is 12.4. The Morgan fingerprint density at radius 3 is 2.71 bits per heavy atom. The van der Waals surface area contributed by atoms with Gasteiger partial charge in [-0.15, -0.1) is 0 Å². The maximum atomic E-state index is 12.4. The second-order valence-electron chi connectivity index (χ2n) is 5.18. The molecule has 21 heavy (non-hydrogen) atoms. The van der Waals surface area contributed by atoms with Crippen LogP contribution in [0.1, 0.15) is 21.6 Å². The van der Waals surface area contributed by atoms with Gasteiger partial charge in [-0.3, -0.25) is 4.79 Å². The summed E-state index contributed by atoms with van der Waals surface area (Å²) in [7, 11) is 0. The standard InChI is InChI=1S/C17H16N2O2/c1-10-6-7-15-14(8-10)11(2)16(19-15)17(21)18-12-4-3-5-13(20)9-12/h3-9,19-20H,1-2H3,(H,18,21). The van der Waals surface area contributed by atoms with Crippen LogP contribution >= 0.6 is 0 Å². The van der Waals surface area contributed by atoms with E-state index in [2.05, 4.69) is 16.4 Å². The second-order valence-corrected chi connectivity index (χ2v) is 5.18. The summed E-state index contributed by atoms with van der Waals surface area (Å²) in [6.45, 7) is 3.95. The van der Waals surface area contributed by atoms with E-state index in [0.717, 1.165) is 22.0 Å². The van der Waals surface area contributed by atoms with Gasteiger partial charge in [0.15, 0.2) is 0 Å². The summed E-state index contributed by atoms with van der Waals surface area (Å²) < 4.78 is 0. The third-order valence-corrected chi connectivity index (χ3v) is 3.54. The van der Waals surface area contributed by atoms with Crippen LogP contribution in [0, 0.1) is 13.8 Å². The van der Waals surface area contributed by atoms with Gasteiger partial charge in [0, 0.05) is 22.7 Å². The topological polar surface area (TPSA) is 65.1 Å². The van der Waals surface area contributed by atoms with Gasteiger partial charge in [0.05, 0.1) is 0 Å². The molecule has 0 fully saturated rings. The largest absolute Gasteiger partial charge is 0.508 e. The number of anilines is 1. The molecule has 0 aliphatic carbocycles. The predicted octanol–water partition coefficient (Wildman–Crippen LogP) is 3.74. The molecule has 0 unspecified atom stereocenters. The molecule has 2 aromatic carbocycles. The van der Waals surface area contributed by atoms with Gasteiger partial charge < -0.3 is 15.4 Å². The van der Waals surface area contributed by atoms with Gasteiger partial charge in [0.25, 0.3) is 5.91 Å². The lowest BCUT2D eigenvalue weighted by molar-refractivity contribution is 0.102. The van der Waals surface area contributed by atoms with Crippen molar-refractivity contribution >= 4 is 22.5 Å². The molecule has 0 bridgehead atoms. The number of carbonyl (C=O) groups excluding carboxylic acids is 1. The third kappa shape index (κ3) is 2.48. The number of carbonyl (C=O) groups is 1. The number of amides is 1. The summed E-state index contributed by atoms with van der Waals surface area (Å²) in [5.41, 5.74) is 4.13. The summed E-state index contributed by atoms with van der Waals surface area (Å²) in [6.07, 6.45) is 0. The van der Waals surface area contributed by atoms with Crippen molar-refractivity contribution in [2.24, 2.45) is 0 Å². The molecule has 3 N–H and O–H groups in total. The lowest BCUT2D eigenvalue weighted by atomic mass is 10.1. The molecule has 0 saturated heterocycles. The van der Waals surface area contributed by atoms with Crippen molar-refractivity contribution in [3.63, 3.8) is 0 Å². The maximum Gasteiger partial charge on any atom is 0.272 e. The van der Waals surface area contributed by atoms with Crippen LogP contribution in [0.2, 0.25) is 0 Å². The van der Waals surface area contributed by atoms with Crippen molar-refractivity contribution < 1.29 is 9.90 Å². The molecule has 0 spiro atoms. The monoisotopic (exact) mass is 280 g/mol. The summed E-state index contributed by atoms with van der Waals surface area (Å²) in [5, 5.41) is 13.3. The number of phenols is 1. The molecule has 0 saturated carbocycles. The van der Waals surface area contributed by atoms with Crippen molar-refractivity contribution in [1.29, 1.82) is 0 Å².